The van der Waals surface area contributed by atoms with E-state index in [2.05, 4.69) is 11.8 Å². The number of hydrogen-bond acceptors (Lipinski definition) is 4. The molecule has 0 spiro atoms. The summed E-state index contributed by atoms with van der Waals surface area (Å²) in [6.45, 7) is 2.12. The molecule has 0 aliphatic carbocycles. The highest BCUT2D eigenvalue weighted by atomic mass is 32.1. The van der Waals surface area contributed by atoms with Crippen LogP contribution in [0.25, 0.3) is 0 Å². The lowest BCUT2D eigenvalue weighted by atomic mass is 10.4. The van der Waals surface area contributed by atoms with E-state index in [1.54, 1.807) is 19.1 Å². The van der Waals surface area contributed by atoms with Gasteiger partial charge in [-0.1, -0.05) is 11.8 Å². The van der Waals surface area contributed by atoms with Gasteiger partial charge >= 0.3 is 5.97 Å². The number of esters is 1. The van der Waals surface area contributed by atoms with Crippen molar-refractivity contribution in [1.82, 2.24) is 0 Å². The lowest BCUT2D eigenvalue weighted by Crippen LogP contribution is -2.01. The van der Waals surface area contributed by atoms with Gasteiger partial charge in [-0.05, 0) is 19.1 Å². The normalized spacial score (nSPS) is 8.87. The van der Waals surface area contributed by atoms with E-state index < -0.39 is 0 Å². The smallest absolute Gasteiger partial charge is 0.317 e. The number of hydrogen-bond donors (Lipinski definition) is 0. The predicted molar refractivity (Wildman–Crippen MR) is 57.8 cm³/mol. The Morgan fingerprint density at radius 3 is 3.00 bits per heavy atom. The molecule has 3 nitrogen and oxygen atoms in total. The van der Waals surface area contributed by atoms with Gasteiger partial charge in [0.25, 0.3) is 0 Å². The lowest BCUT2D eigenvalue weighted by molar-refractivity contribution is -0.141. The molecule has 0 unspecified atom stereocenters. The first-order chi connectivity index (χ1) is 7.26. The first-order valence-corrected chi connectivity index (χ1v) is 5.27. The van der Waals surface area contributed by atoms with Gasteiger partial charge in [-0.15, -0.1) is 11.3 Å². The summed E-state index contributed by atoms with van der Waals surface area (Å²) in [7, 11) is 0. The molecular weight excluding hydrogens is 212 g/mol. The minimum absolute atomic E-state index is 0.0855. The fraction of sp³-hybridized carbons (Fsp3) is 0.273. The van der Waals surface area contributed by atoms with Crippen LogP contribution in [0.3, 0.4) is 0 Å². The Bertz CT molecular complexity index is 409. The van der Waals surface area contributed by atoms with Crippen molar-refractivity contribution in [1.29, 1.82) is 0 Å². The number of carbonyl (C=O) groups excluding carboxylic acids is 2. The summed E-state index contributed by atoms with van der Waals surface area (Å²) in [5.41, 5.74) is 0. The molecule has 0 aliphatic rings. The Morgan fingerprint density at radius 1 is 1.60 bits per heavy atom. The molecule has 4 heteroatoms. The maximum Gasteiger partial charge on any atom is 0.317 e. The van der Waals surface area contributed by atoms with Crippen molar-refractivity contribution in [3.63, 3.8) is 0 Å². The molecule has 0 N–H and O–H groups in total. The Hall–Kier alpha value is -1.60. The SMILES string of the molecule is CCOC(=O)CC#Cc1ccc(C=O)s1. The van der Waals surface area contributed by atoms with Gasteiger partial charge in [0.05, 0.1) is 16.4 Å². The van der Waals surface area contributed by atoms with Gasteiger partial charge in [-0.25, -0.2) is 0 Å². The zero-order valence-electron chi connectivity index (χ0n) is 8.28. The molecule has 0 saturated heterocycles. The highest BCUT2D eigenvalue weighted by Gasteiger charge is 1.97. The summed E-state index contributed by atoms with van der Waals surface area (Å²) in [6, 6.07) is 3.46. The van der Waals surface area contributed by atoms with E-state index >= 15 is 0 Å². The first kappa shape index (κ1) is 11.5. The van der Waals surface area contributed by atoms with Crippen molar-refractivity contribution in [2.24, 2.45) is 0 Å². The highest BCUT2D eigenvalue weighted by molar-refractivity contribution is 7.14. The predicted octanol–water partition coefficient (Wildman–Crippen LogP) is 1.87. The topological polar surface area (TPSA) is 43.4 Å². The minimum atomic E-state index is -0.322. The second-order valence-electron chi connectivity index (χ2n) is 2.60. The van der Waals surface area contributed by atoms with Crippen molar-refractivity contribution in [2.75, 3.05) is 6.61 Å². The third kappa shape index (κ3) is 3.96. The summed E-state index contributed by atoms with van der Waals surface area (Å²) in [5.74, 6) is 5.17. The van der Waals surface area contributed by atoms with E-state index in [0.717, 1.165) is 11.2 Å². The fourth-order valence-electron chi connectivity index (χ4n) is 0.899. The van der Waals surface area contributed by atoms with Crippen LogP contribution in [-0.4, -0.2) is 18.9 Å². The standard InChI is InChI=1S/C11H10O3S/c1-2-14-11(13)5-3-4-9-6-7-10(8-12)15-9/h6-8H,2,5H2,1H3. The van der Waals surface area contributed by atoms with Crippen LogP contribution in [0.4, 0.5) is 0 Å². The number of carbonyl (C=O) groups is 2. The third-order valence-corrected chi connectivity index (χ3v) is 2.42. The zero-order valence-corrected chi connectivity index (χ0v) is 9.10. The van der Waals surface area contributed by atoms with Gasteiger partial charge < -0.3 is 4.74 Å². The van der Waals surface area contributed by atoms with Crippen LogP contribution in [0.5, 0.6) is 0 Å². The van der Waals surface area contributed by atoms with E-state index in [0.29, 0.717) is 11.5 Å². The maximum absolute atomic E-state index is 10.9. The Morgan fingerprint density at radius 2 is 2.40 bits per heavy atom. The summed E-state index contributed by atoms with van der Waals surface area (Å²) in [4.78, 5) is 22.7. The second-order valence-corrected chi connectivity index (χ2v) is 3.72. The summed E-state index contributed by atoms with van der Waals surface area (Å²) < 4.78 is 4.71. The molecule has 0 saturated carbocycles. The van der Waals surface area contributed by atoms with E-state index in [9.17, 15) is 9.59 Å². The van der Waals surface area contributed by atoms with Crippen LogP contribution >= 0.6 is 11.3 Å². The summed E-state index contributed by atoms with van der Waals surface area (Å²) >= 11 is 1.30. The average molecular weight is 222 g/mol. The molecule has 1 aromatic heterocycles. The van der Waals surface area contributed by atoms with Crippen LogP contribution in [-0.2, 0) is 9.53 Å². The van der Waals surface area contributed by atoms with Crippen molar-refractivity contribution >= 4 is 23.6 Å². The summed E-state index contributed by atoms with van der Waals surface area (Å²) in [6.07, 6.45) is 0.864. The highest BCUT2D eigenvalue weighted by Crippen LogP contribution is 2.12. The van der Waals surface area contributed by atoms with E-state index in [1.807, 2.05) is 0 Å². The molecule has 1 rings (SSSR count). The maximum atomic E-state index is 10.9. The van der Waals surface area contributed by atoms with Gasteiger partial charge in [0.1, 0.15) is 6.42 Å². The van der Waals surface area contributed by atoms with Crippen LogP contribution in [0.1, 0.15) is 27.9 Å². The Labute approximate surface area is 92.1 Å². The molecule has 15 heavy (non-hydrogen) atoms. The Balaban J connectivity index is 2.50. The molecular formula is C11H10O3S. The number of rotatable bonds is 3. The molecule has 0 radical (unpaired) electrons. The Kier molecular flexibility index (Phi) is 4.58. The molecule has 0 bridgehead atoms. The van der Waals surface area contributed by atoms with Gasteiger partial charge in [0, 0.05) is 0 Å². The molecule has 0 aliphatic heterocycles. The van der Waals surface area contributed by atoms with Crippen LogP contribution in [0.2, 0.25) is 0 Å². The van der Waals surface area contributed by atoms with E-state index in [-0.39, 0.29) is 12.4 Å². The van der Waals surface area contributed by atoms with Crippen molar-refractivity contribution in [3.05, 3.63) is 21.9 Å². The quantitative estimate of drug-likeness (QED) is 0.445. The number of ether oxygens (including phenoxy) is 1. The molecule has 0 fully saturated rings. The van der Waals surface area contributed by atoms with Crippen LogP contribution in [0, 0.1) is 11.8 Å². The molecule has 0 aromatic carbocycles. The van der Waals surface area contributed by atoms with Gasteiger partial charge in [-0.2, -0.15) is 0 Å². The molecule has 1 aromatic rings. The molecule has 1 heterocycles. The van der Waals surface area contributed by atoms with Crippen LogP contribution in [0.15, 0.2) is 12.1 Å². The van der Waals surface area contributed by atoms with Gasteiger partial charge in [0.15, 0.2) is 6.29 Å². The second kappa shape index (κ2) is 5.99. The fourth-order valence-corrected chi connectivity index (χ4v) is 1.60. The third-order valence-electron chi connectivity index (χ3n) is 1.49. The molecule has 0 atom stereocenters. The van der Waals surface area contributed by atoms with Crippen molar-refractivity contribution in [2.45, 2.75) is 13.3 Å². The monoisotopic (exact) mass is 222 g/mol. The average Bonchev–Trinajstić information content (AvgIpc) is 2.66. The van der Waals surface area contributed by atoms with Gasteiger partial charge in [0.2, 0.25) is 0 Å². The van der Waals surface area contributed by atoms with Crippen LogP contribution < -0.4 is 0 Å². The van der Waals surface area contributed by atoms with E-state index in [4.69, 9.17) is 4.74 Å². The number of thiophene rings is 1. The molecule has 0 amide bonds. The van der Waals surface area contributed by atoms with Crippen molar-refractivity contribution < 1.29 is 14.3 Å². The molecule has 78 valence electrons. The minimum Gasteiger partial charge on any atom is -0.465 e. The largest absolute Gasteiger partial charge is 0.465 e. The van der Waals surface area contributed by atoms with E-state index in [1.165, 1.54) is 11.3 Å². The van der Waals surface area contributed by atoms with Crippen molar-refractivity contribution in [3.8, 4) is 11.8 Å². The summed E-state index contributed by atoms with van der Waals surface area (Å²) in [5, 5.41) is 0. The first-order valence-electron chi connectivity index (χ1n) is 4.45. The van der Waals surface area contributed by atoms with Gasteiger partial charge in [-0.3, -0.25) is 9.59 Å². The number of aldehydes is 1. The lowest BCUT2D eigenvalue weighted by Gasteiger charge is -1.94. The zero-order chi connectivity index (χ0) is 11.1.